The van der Waals surface area contributed by atoms with E-state index >= 15 is 0 Å². The van der Waals surface area contributed by atoms with Gasteiger partial charge in [-0.3, -0.25) is 4.79 Å². The van der Waals surface area contributed by atoms with Gasteiger partial charge in [0.25, 0.3) is 5.91 Å². The minimum atomic E-state index is -0.429. The zero-order valence-electron chi connectivity index (χ0n) is 12.4. The van der Waals surface area contributed by atoms with Gasteiger partial charge in [-0.25, -0.2) is 4.39 Å². The molecule has 1 amide bonds. The van der Waals surface area contributed by atoms with Crippen molar-refractivity contribution in [2.24, 2.45) is 5.92 Å². The van der Waals surface area contributed by atoms with Gasteiger partial charge in [-0.15, -0.1) is 0 Å². The van der Waals surface area contributed by atoms with E-state index in [1.807, 2.05) is 6.92 Å². The molecule has 110 valence electrons. The molecule has 1 saturated carbocycles. The van der Waals surface area contributed by atoms with Crippen molar-refractivity contribution in [3.8, 4) is 0 Å². The summed E-state index contributed by atoms with van der Waals surface area (Å²) in [7, 11) is 0. The average Bonchev–Trinajstić information content (AvgIpc) is 2.41. The smallest absolute Gasteiger partial charge is 0.254 e. The van der Waals surface area contributed by atoms with Crippen LogP contribution in [-0.2, 0) is 0 Å². The van der Waals surface area contributed by atoms with Crippen LogP contribution < -0.4 is 5.32 Å². The Bertz CT molecular complexity index is 464. The first-order valence-corrected chi connectivity index (χ1v) is 7.67. The first-order valence-electron chi connectivity index (χ1n) is 7.67. The maximum absolute atomic E-state index is 13.8. The van der Waals surface area contributed by atoms with Crippen molar-refractivity contribution in [1.29, 1.82) is 0 Å². The van der Waals surface area contributed by atoms with Gasteiger partial charge >= 0.3 is 0 Å². The zero-order chi connectivity index (χ0) is 14.5. The number of carbonyl (C=O) groups is 1. The summed E-state index contributed by atoms with van der Waals surface area (Å²) >= 11 is 0. The monoisotopic (exact) mass is 277 g/mol. The largest absolute Gasteiger partial charge is 0.349 e. The summed E-state index contributed by atoms with van der Waals surface area (Å²) in [5.74, 6) is 0.105. The van der Waals surface area contributed by atoms with Crippen molar-refractivity contribution in [3.63, 3.8) is 0 Å². The number of aryl methyl sites for hydroxylation is 1. The molecule has 1 aliphatic rings. The van der Waals surface area contributed by atoms with Crippen LogP contribution in [0.4, 0.5) is 4.39 Å². The van der Waals surface area contributed by atoms with Gasteiger partial charge in [0, 0.05) is 6.04 Å². The maximum Gasteiger partial charge on any atom is 0.254 e. The van der Waals surface area contributed by atoms with Crippen LogP contribution >= 0.6 is 0 Å². The molecule has 1 aromatic rings. The molecule has 1 aliphatic carbocycles. The lowest BCUT2D eigenvalue weighted by Crippen LogP contribution is -2.38. The molecule has 0 bridgehead atoms. The number of halogens is 1. The van der Waals surface area contributed by atoms with E-state index < -0.39 is 5.82 Å². The van der Waals surface area contributed by atoms with E-state index in [1.54, 1.807) is 12.1 Å². The predicted octanol–water partition coefficient (Wildman–Crippen LogP) is 4.22. The van der Waals surface area contributed by atoms with Crippen LogP contribution in [0.25, 0.3) is 0 Å². The van der Waals surface area contributed by atoms with Gasteiger partial charge in [0.2, 0.25) is 0 Å². The van der Waals surface area contributed by atoms with Gasteiger partial charge in [0.1, 0.15) is 5.82 Å². The van der Waals surface area contributed by atoms with Crippen molar-refractivity contribution >= 4 is 5.91 Å². The van der Waals surface area contributed by atoms with Gasteiger partial charge in [-0.1, -0.05) is 25.8 Å². The van der Waals surface area contributed by atoms with Crippen LogP contribution in [0.3, 0.4) is 0 Å². The molecule has 0 aromatic heterocycles. The number of nitrogens with one attached hydrogen (secondary N) is 1. The Morgan fingerprint density at radius 2 is 2.00 bits per heavy atom. The van der Waals surface area contributed by atoms with Gasteiger partial charge < -0.3 is 5.32 Å². The van der Waals surface area contributed by atoms with E-state index in [4.69, 9.17) is 0 Å². The number of hydrogen-bond acceptors (Lipinski definition) is 1. The molecule has 0 unspecified atom stereocenters. The number of carbonyl (C=O) groups excluding carboxylic acids is 1. The minimum absolute atomic E-state index is 0.159. The quantitative estimate of drug-likeness (QED) is 0.877. The van der Waals surface area contributed by atoms with Crippen LogP contribution in [0.15, 0.2) is 18.2 Å². The second-order valence-corrected chi connectivity index (χ2v) is 5.96. The van der Waals surface area contributed by atoms with Crippen molar-refractivity contribution in [2.45, 2.75) is 58.4 Å². The minimum Gasteiger partial charge on any atom is -0.349 e. The molecule has 1 N–H and O–H groups in total. The molecule has 0 radical (unpaired) electrons. The highest BCUT2D eigenvalue weighted by atomic mass is 19.1. The van der Waals surface area contributed by atoms with Crippen molar-refractivity contribution in [3.05, 3.63) is 35.1 Å². The highest BCUT2D eigenvalue weighted by Gasteiger charge is 2.23. The lowest BCUT2D eigenvalue weighted by Gasteiger charge is -2.29. The van der Waals surface area contributed by atoms with Gasteiger partial charge in [0.05, 0.1) is 5.56 Å². The summed E-state index contributed by atoms with van der Waals surface area (Å²) in [4.78, 5) is 12.1. The Morgan fingerprint density at radius 3 is 2.60 bits per heavy atom. The molecule has 2 nitrogen and oxygen atoms in total. The molecule has 1 aromatic carbocycles. The standard InChI is InChI=1S/C17H24FNO/c1-3-4-13-6-8-14(9-7-13)19-17(20)15-10-5-12(2)11-16(15)18/h5,10-11,13-14H,3-4,6-9H2,1-2H3,(H,19,20). The van der Waals surface area contributed by atoms with E-state index in [9.17, 15) is 9.18 Å². The highest BCUT2D eigenvalue weighted by Crippen LogP contribution is 2.27. The number of rotatable bonds is 4. The summed E-state index contributed by atoms with van der Waals surface area (Å²) in [5.41, 5.74) is 0.991. The normalized spacial score (nSPS) is 22.6. The fraction of sp³-hybridized carbons (Fsp3) is 0.588. The van der Waals surface area contributed by atoms with Crippen LogP contribution in [-0.4, -0.2) is 11.9 Å². The van der Waals surface area contributed by atoms with Gasteiger partial charge in [-0.05, 0) is 56.2 Å². The third-order valence-electron chi connectivity index (χ3n) is 4.25. The average molecular weight is 277 g/mol. The van der Waals surface area contributed by atoms with E-state index in [0.717, 1.165) is 24.3 Å². The third kappa shape index (κ3) is 3.81. The van der Waals surface area contributed by atoms with Crippen LogP contribution in [0.1, 0.15) is 61.4 Å². The molecule has 0 aliphatic heterocycles. The summed E-state index contributed by atoms with van der Waals surface area (Å²) in [5, 5.41) is 2.98. The third-order valence-corrected chi connectivity index (χ3v) is 4.25. The second-order valence-electron chi connectivity index (χ2n) is 5.96. The van der Waals surface area contributed by atoms with Crippen molar-refractivity contribution < 1.29 is 9.18 Å². The molecule has 3 heteroatoms. The molecule has 1 fully saturated rings. The molecule has 0 spiro atoms. The first kappa shape index (κ1) is 15.0. The SMILES string of the molecule is CCCC1CCC(NC(=O)c2ccc(C)cc2F)CC1. The Labute approximate surface area is 120 Å². The Morgan fingerprint density at radius 1 is 1.30 bits per heavy atom. The van der Waals surface area contributed by atoms with Gasteiger partial charge in [-0.2, -0.15) is 0 Å². The molecule has 0 heterocycles. The molecule has 0 saturated heterocycles. The highest BCUT2D eigenvalue weighted by molar-refractivity contribution is 5.94. The Kier molecular flexibility index (Phi) is 5.16. The molecular weight excluding hydrogens is 253 g/mol. The Hall–Kier alpha value is -1.38. The second kappa shape index (κ2) is 6.87. The summed E-state index contributed by atoms with van der Waals surface area (Å²) < 4.78 is 13.8. The van der Waals surface area contributed by atoms with Crippen LogP contribution in [0, 0.1) is 18.7 Å². The molecule has 20 heavy (non-hydrogen) atoms. The van der Waals surface area contributed by atoms with E-state index in [2.05, 4.69) is 12.2 Å². The summed E-state index contributed by atoms with van der Waals surface area (Å²) in [6.45, 7) is 4.04. The number of benzene rings is 1. The topological polar surface area (TPSA) is 29.1 Å². The predicted molar refractivity (Wildman–Crippen MR) is 79.3 cm³/mol. The first-order chi connectivity index (χ1) is 9.60. The lowest BCUT2D eigenvalue weighted by atomic mass is 9.83. The van der Waals surface area contributed by atoms with Crippen LogP contribution in [0.2, 0.25) is 0 Å². The van der Waals surface area contributed by atoms with Crippen molar-refractivity contribution in [1.82, 2.24) is 5.32 Å². The van der Waals surface area contributed by atoms with E-state index in [-0.39, 0.29) is 17.5 Å². The van der Waals surface area contributed by atoms with E-state index in [0.29, 0.717) is 0 Å². The molecule has 2 rings (SSSR count). The lowest BCUT2D eigenvalue weighted by molar-refractivity contribution is 0.0917. The van der Waals surface area contributed by atoms with Crippen LogP contribution in [0.5, 0.6) is 0 Å². The van der Waals surface area contributed by atoms with Crippen molar-refractivity contribution in [2.75, 3.05) is 0 Å². The number of amides is 1. The zero-order valence-corrected chi connectivity index (χ0v) is 12.4. The maximum atomic E-state index is 13.8. The fourth-order valence-electron chi connectivity index (χ4n) is 3.07. The Balaban J connectivity index is 1.89. The van der Waals surface area contributed by atoms with E-state index in [1.165, 1.54) is 31.7 Å². The number of hydrogen-bond donors (Lipinski definition) is 1. The summed E-state index contributed by atoms with van der Waals surface area (Å²) in [6, 6.07) is 4.96. The fourth-order valence-corrected chi connectivity index (χ4v) is 3.07. The summed E-state index contributed by atoms with van der Waals surface area (Å²) in [6.07, 6.45) is 6.90. The van der Waals surface area contributed by atoms with Gasteiger partial charge in [0.15, 0.2) is 0 Å². The molecular formula is C17H24FNO. The molecule has 0 atom stereocenters.